The van der Waals surface area contributed by atoms with Gasteiger partial charge >= 0.3 is 0 Å². The summed E-state index contributed by atoms with van der Waals surface area (Å²) in [6.07, 6.45) is -9.77. The van der Waals surface area contributed by atoms with Gasteiger partial charge in [-0.05, 0) is 51.9 Å². The maximum absolute atomic E-state index is 12.3. The van der Waals surface area contributed by atoms with Crippen LogP contribution < -0.4 is 10.6 Å². The molecule has 2 aliphatic rings. The smallest absolute Gasteiger partial charge is 0.220 e. The van der Waals surface area contributed by atoms with E-state index >= 15 is 0 Å². The molecular formula is C29H52N2O15. The Morgan fingerprint density at radius 2 is 1.13 bits per heavy atom. The Balaban J connectivity index is 1.52. The Kier molecular flexibility index (Phi) is 18.6. The minimum absolute atomic E-state index is 0.0910. The number of carbonyl (C=O) groups is 3. The number of unbranched alkanes of at least 4 members (excludes halogenated alkanes) is 3. The summed E-state index contributed by atoms with van der Waals surface area (Å²) >= 11 is 0. The predicted molar refractivity (Wildman–Crippen MR) is 157 cm³/mol. The highest BCUT2D eigenvalue weighted by Crippen LogP contribution is 2.23. The minimum Gasteiger partial charge on any atom is -0.394 e. The molecule has 2 amide bonds. The number of Topliss-reactive ketones (excluding diaryl/α,β-unsaturated/α-hetero) is 1. The van der Waals surface area contributed by atoms with E-state index in [1.165, 1.54) is 6.92 Å². The highest BCUT2D eigenvalue weighted by molar-refractivity contribution is 5.87. The van der Waals surface area contributed by atoms with Gasteiger partial charge in [-0.25, -0.2) is 0 Å². The molecule has 268 valence electrons. The van der Waals surface area contributed by atoms with Gasteiger partial charge < -0.3 is 70.4 Å². The van der Waals surface area contributed by atoms with Crippen molar-refractivity contribution >= 4 is 17.6 Å². The number of hydrogen-bond acceptors (Lipinski definition) is 15. The number of amides is 2. The van der Waals surface area contributed by atoms with Crippen LogP contribution in [0, 0.1) is 0 Å². The fourth-order valence-electron chi connectivity index (χ4n) is 5.02. The van der Waals surface area contributed by atoms with Gasteiger partial charge in [-0.15, -0.1) is 0 Å². The van der Waals surface area contributed by atoms with E-state index in [9.17, 15) is 55.2 Å². The van der Waals surface area contributed by atoms with E-state index in [-0.39, 0.29) is 43.7 Å². The normalized spacial score (nSPS) is 32.1. The number of carbonyl (C=O) groups excluding carboxylic acids is 3. The average Bonchev–Trinajstić information content (AvgIpc) is 3.03. The molecule has 0 aromatic carbocycles. The average molecular weight is 669 g/mol. The van der Waals surface area contributed by atoms with Crippen molar-refractivity contribution in [3.05, 3.63) is 0 Å². The Morgan fingerprint density at radius 1 is 0.652 bits per heavy atom. The van der Waals surface area contributed by atoms with E-state index in [1.54, 1.807) is 0 Å². The summed E-state index contributed by atoms with van der Waals surface area (Å²) in [5.74, 6) is -0.661. The molecule has 0 radical (unpaired) electrons. The standard InChI is InChI=1S/C29H52N2O15/c1-16(34)17(31-21(36)10-4-7-13-44-29-27(42)25(40)23(38)19(15-33)46-29)8-2-5-11-30-20(35)9-3-6-12-43-28-26(41)24(39)22(37)18(14-32)45-28/h17-19,22-29,32-33,37-42H,2-15H2,1H3,(H,30,35)(H,31,36)/t17?,18-,19?,22?,23?,24?,25?,26?,27?,28?,29?/m1/s1. The zero-order valence-corrected chi connectivity index (χ0v) is 26.2. The van der Waals surface area contributed by atoms with Gasteiger partial charge in [-0.1, -0.05) is 0 Å². The topological polar surface area (TPSA) is 274 Å². The van der Waals surface area contributed by atoms with Gasteiger partial charge in [-0.2, -0.15) is 0 Å². The lowest BCUT2D eigenvalue weighted by molar-refractivity contribution is -0.301. The highest BCUT2D eigenvalue weighted by atomic mass is 16.7. The molecule has 0 bridgehead atoms. The largest absolute Gasteiger partial charge is 0.394 e. The number of rotatable bonds is 21. The molecule has 0 saturated carbocycles. The fraction of sp³-hybridized carbons (Fsp3) is 0.897. The van der Waals surface area contributed by atoms with E-state index in [4.69, 9.17) is 18.9 Å². The Bertz CT molecular complexity index is 910. The van der Waals surface area contributed by atoms with E-state index in [0.29, 0.717) is 51.5 Å². The van der Waals surface area contributed by atoms with Crippen LogP contribution in [0.25, 0.3) is 0 Å². The van der Waals surface area contributed by atoms with Crippen LogP contribution in [0.4, 0.5) is 0 Å². The van der Waals surface area contributed by atoms with Crippen LogP contribution in [-0.4, -0.2) is 159 Å². The van der Waals surface area contributed by atoms with E-state index in [1.807, 2.05) is 0 Å². The van der Waals surface area contributed by atoms with Gasteiger partial charge in [0.25, 0.3) is 0 Å². The van der Waals surface area contributed by atoms with Gasteiger partial charge in [-0.3, -0.25) is 14.4 Å². The third-order valence-electron chi connectivity index (χ3n) is 7.93. The van der Waals surface area contributed by atoms with Crippen molar-refractivity contribution < 1.29 is 74.2 Å². The van der Waals surface area contributed by atoms with Crippen LogP contribution in [-0.2, 0) is 33.3 Å². The molecule has 0 spiro atoms. The number of aliphatic hydroxyl groups is 8. The second-order valence-corrected chi connectivity index (χ2v) is 11.6. The summed E-state index contributed by atoms with van der Waals surface area (Å²) in [6.45, 7) is 0.898. The Hall–Kier alpha value is -1.87. The van der Waals surface area contributed by atoms with Crippen molar-refractivity contribution in [3.63, 3.8) is 0 Å². The van der Waals surface area contributed by atoms with Crippen LogP contribution in [0.2, 0.25) is 0 Å². The zero-order chi connectivity index (χ0) is 34.2. The van der Waals surface area contributed by atoms with Crippen molar-refractivity contribution in [2.75, 3.05) is 33.0 Å². The second kappa shape index (κ2) is 21.2. The molecule has 0 aromatic heterocycles. The van der Waals surface area contributed by atoms with E-state index in [2.05, 4.69) is 10.6 Å². The van der Waals surface area contributed by atoms with Crippen molar-refractivity contribution in [2.24, 2.45) is 0 Å². The first kappa shape index (κ1) is 40.3. The molecule has 17 nitrogen and oxygen atoms in total. The number of hydrogen-bond donors (Lipinski definition) is 10. The fourth-order valence-corrected chi connectivity index (χ4v) is 5.02. The first-order valence-corrected chi connectivity index (χ1v) is 15.8. The van der Waals surface area contributed by atoms with Crippen molar-refractivity contribution in [1.29, 1.82) is 0 Å². The molecule has 46 heavy (non-hydrogen) atoms. The van der Waals surface area contributed by atoms with Gasteiger partial charge in [0.1, 0.15) is 48.8 Å². The van der Waals surface area contributed by atoms with E-state index < -0.39 is 80.7 Å². The second-order valence-electron chi connectivity index (χ2n) is 11.6. The molecule has 10 unspecified atom stereocenters. The molecule has 11 atom stereocenters. The van der Waals surface area contributed by atoms with Crippen molar-refractivity contribution in [3.8, 4) is 0 Å². The molecule has 10 N–H and O–H groups in total. The number of nitrogens with one attached hydrogen (secondary N) is 2. The molecule has 2 rings (SSSR count). The maximum atomic E-state index is 12.3. The predicted octanol–water partition coefficient (Wildman–Crippen LogP) is -3.68. The molecule has 17 heteroatoms. The molecule has 2 saturated heterocycles. The minimum atomic E-state index is -1.53. The first-order chi connectivity index (χ1) is 21.9. The summed E-state index contributed by atoms with van der Waals surface area (Å²) in [7, 11) is 0. The number of ketones is 1. The Labute approximate surface area is 267 Å². The van der Waals surface area contributed by atoms with Crippen LogP contribution in [0.15, 0.2) is 0 Å². The monoisotopic (exact) mass is 668 g/mol. The van der Waals surface area contributed by atoms with Crippen LogP contribution in [0.5, 0.6) is 0 Å². The summed E-state index contributed by atoms with van der Waals surface area (Å²) in [5.41, 5.74) is 0. The Morgan fingerprint density at radius 3 is 1.59 bits per heavy atom. The number of ether oxygens (including phenoxy) is 4. The molecular weight excluding hydrogens is 616 g/mol. The molecule has 0 aromatic rings. The lowest BCUT2D eigenvalue weighted by atomic mass is 9.99. The first-order valence-electron chi connectivity index (χ1n) is 15.8. The van der Waals surface area contributed by atoms with Gasteiger partial charge in [0.05, 0.1) is 19.3 Å². The third kappa shape index (κ3) is 13.0. The molecule has 0 aliphatic carbocycles. The molecule has 2 fully saturated rings. The lowest BCUT2D eigenvalue weighted by Gasteiger charge is -2.39. The summed E-state index contributed by atoms with van der Waals surface area (Å²) in [4.78, 5) is 36.5. The highest BCUT2D eigenvalue weighted by Gasteiger charge is 2.45. The van der Waals surface area contributed by atoms with Gasteiger partial charge in [0.2, 0.25) is 11.8 Å². The van der Waals surface area contributed by atoms with Crippen molar-refractivity contribution in [1.82, 2.24) is 10.6 Å². The summed E-state index contributed by atoms with van der Waals surface area (Å²) in [5, 5.41) is 83.1. The van der Waals surface area contributed by atoms with Crippen LogP contribution in [0.3, 0.4) is 0 Å². The van der Waals surface area contributed by atoms with E-state index in [0.717, 1.165) is 0 Å². The van der Waals surface area contributed by atoms with Gasteiger partial charge in [0, 0.05) is 32.6 Å². The maximum Gasteiger partial charge on any atom is 0.220 e. The lowest BCUT2D eigenvalue weighted by Crippen LogP contribution is -2.59. The van der Waals surface area contributed by atoms with Crippen LogP contribution in [0.1, 0.15) is 64.7 Å². The van der Waals surface area contributed by atoms with Crippen molar-refractivity contribution in [2.45, 2.75) is 132 Å². The molecule has 2 heterocycles. The van der Waals surface area contributed by atoms with Crippen LogP contribution >= 0.6 is 0 Å². The SMILES string of the molecule is CC(=O)C(CCCCNC(=O)CCCCOC1O[C@H](CO)C(O)C(O)C1O)NC(=O)CCCCOC1OC(CO)C(O)C(O)C1O. The third-order valence-corrected chi connectivity index (χ3v) is 7.93. The number of aliphatic hydroxyl groups excluding tert-OH is 8. The molecule has 2 aliphatic heterocycles. The zero-order valence-electron chi connectivity index (χ0n) is 26.2. The quantitative estimate of drug-likeness (QED) is 0.0528. The van der Waals surface area contributed by atoms with Gasteiger partial charge in [0.15, 0.2) is 18.4 Å². The summed E-state index contributed by atoms with van der Waals surface area (Å²) in [6, 6.07) is -0.655. The summed E-state index contributed by atoms with van der Waals surface area (Å²) < 4.78 is 21.3.